The molecule has 46 valence electrons. The van der Waals surface area contributed by atoms with Crippen LogP contribution in [0.2, 0.25) is 0 Å². The molecule has 9 heavy (non-hydrogen) atoms. The molecule has 0 atom stereocenters. The number of carbonyl (C=O) groups is 1. The first-order chi connectivity index (χ1) is 4.31. The van der Waals surface area contributed by atoms with Crippen LogP contribution in [-0.2, 0) is 9.53 Å². The summed E-state index contributed by atoms with van der Waals surface area (Å²) in [4.78, 5) is 10.2. The third-order valence-corrected chi connectivity index (χ3v) is 0.550. The molecule has 0 aliphatic rings. The monoisotopic (exact) mass is 123 g/mol. The van der Waals surface area contributed by atoms with E-state index in [4.69, 9.17) is 5.26 Å². The van der Waals surface area contributed by atoms with E-state index in [1.54, 1.807) is 6.07 Å². The van der Waals surface area contributed by atoms with Crippen LogP contribution in [0.15, 0.2) is 17.9 Å². The summed E-state index contributed by atoms with van der Waals surface area (Å²) in [5.41, 5.74) is 2.30. The summed E-state index contributed by atoms with van der Waals surface area (Å²) in [5, 5.41) is 7.91. The molecule has 0 amide bonds. The minimum absolute atomic E-state index is 0.512. The van der Waals surface area contributed by atoms with Crippen LogP contribution in [0.25, 0.3) is 0 Å². The van der Waals surface area contributed by atoms with Gasteiger partial charge < -0.3 is 4.74 Å². The fourth-order valence-corrected chi connectivity index (χ4v) is 0.206. The van der Waals surface area contributed by atoms with Crippen LogP contribution in [0.1, 0.15) is 0 Å². The normalized spacial score (nSPS) is 6.22. The van der Waals surface area contributed by atoms with Crippen LogP contribution in [0.4, 0.5) is 0 Å². The standard InChI is InChI=1S/C6H5NO2/c1-9-6(8)4-2-3-5-7/h3-4H,1H3. The molecule has 0 aromatic heterocycles. The number of ether oxygens (including phenoxy) is 1. The SMILES string of the molecule is COC(=O)C=C=CC#N. The van der Waals surface area contributed by atoms with Crippen molar-refractivity contribution in [2.45, 2.75) is 0 Å². The van der Waals surface area contributed by atoms with Crippen molar-refractivity contribution < 1.29 is 9.53 Å². The van der Waals surface area contributed by atoms with E-state index in [-0.39, 0.29) is 0 Å². The summed E-state index contributed by atoms with van der Waals surface area (Å²) < 4.78 is 4.21. The van der Waals surface area contributed by atoms with E-state index in [0.29, 0.717) is 0 Å². The average Bonchev–Trinajstić information content (AvgIpc) is 1.89. The molecule has 0 aromatic rings. The fraction of sp³-hybridized carbons (Fsp3) is 0.167. The van der Waals surface area contributed by atoms with E-state index in [1.807, 2.05) is 0 Å². The molecular weight excluding hydrogens is 118 g/mol. The highest BCUT2D eigenvalue weighted by Crippen LogP contribution is 1.72. The lowest BCUT2D eigenvalue weighted by Crippen LogP contribution is -1.91. The molecule has 0 bridgehead atoms. The Morgan fingerprint density at radius 3 is 2.89 bits per heavy atom. The Hall–Kier alpha value is -1.52. The molecule has 3 nitrogen and oxygen atoms in total. The molecule has 0 spiro atoms. The Labute approximate surface area is 52.9 Å². The van der Waals surface area contributed by atoms with Crippen molar-refractivity contribution in [1.82, 2.24) is 0 Å². The maximum Gasteiger partial charge on any atom is 0.338 e. The van der Waals surface area contributed by atoms with Gasteiger partial charge in [-0.2, -0.15) is 5.26 Å². The van der Waals surface area contributed by atoms with Crippen LogP contribution in [0.5, 0.6) is 0 Å². The third-order valence-electron chi connectivity index (χ3n) is 0.550. The molecule has 0 N–H and O–H groups in total. The van der Waals surface area contributed by atoms with E-state index in [0.717, 1.165) is 12.2 Å². The molecular formula is C6H5NO2. The van der Waals surface area contributed by atoms with E-state index in [9.17, 15) is 4.79 Å². The predicted molar refractivity (Wildman–Crippen MR) is 30.3 cm³/mol. The van der Waals surface area contributed by atoms with Gasteiger partial charge in [0.2, 0.25) is 0 Å². The highest BCUT2D eigenvalue weighted by Gasteiger charge is 1.85. The van der Waals surface area contributed by atoms with Gasteiger partial charge in [-0.3, -0.25) is 0 Å². The van der Waals surface area contributed by atoms with Crippen LogP contribution in [0, 0.1) is 11.3 Å². The molecule has 0 aromatic carbocycles. The van der Waals surface area contributed by atoms with Crippen LogP contribution >= 0.6 is 0 Å². The highest BCUT2D eigenvalue weighted by molar-refractivity contribution is 5.81. The molecule has 0 rings (SSSR count). The van der Waals surface area contributed by atoms with Crippen molar-refractivity contribution in [1.29, 1.82) is 5.26 Å². The minimum Gasteiger partial charge on any atom is -0.465 e. The van der Waals surface area contributed by atoms with Gasteiger partial charge in [-0.1, -0.05) is 0 Å². The van der Waals surface area contributed by atoms with E-state index < -0.39 is 5.97 Å². The van der Waals surface area contributed by atoms with Gasteiger partial charge in [-0.05, 0) is 0 Å². The molecule has 0 unspecified atom stereocenters. The summed E-state index contributed by atoms with van der Waals surface area (Å²) in [7, 11) is 1.26. The predicted octanol–water partition coefficient (Wildman–Crippen LogP) is 0.394. The second-order valence-corrected chi connectivity index (χ2v) is 1.11. The second-order valence-electron chi connectivity index (χ2n) is 1.11. The van der Waals surface area contributed by atoms with Crippen molar-refractivity contribution in [2.75, 3.05) is 7.11 Å². The zero-order chi connectivity index (χ0) is 7.11. The van der Waals surface area contributed by atoms with E-state index in [1.165, 1.54) is 7.11 Å². The summed E-state index contributed by atoms with van der Waals surface area (Å²) in [6.45, 7) is 0. The quantitative estimate of drug-likeness (QED) is 0.219. The lowest BCUT2D eigenvalue weighted by atomic mass is 10.5. The summed E-state index contributed by atoms with van der Waals surface area (Å²) >= 11 is 0. The van der Waals surface area contributed by atoms with Gasteiger partial charge in [-0.15, -0.1) is 5.73 Å². The lowest BCUT2D eigenvalue weighted by molar-refractivity contribution is -0.134. The highest BCUT2D eigenvalue weighted by atomic mass is 16.5. The number of rotatable bonds is 1. The summed E-state index contributed by atoms with van der Waals surface area (Å²) in [6, 6.07) is 1.67. The first-order valence-corrected chi connectivity index (χ1v) is 2.19. The number of hydrogen-bond acceptors (Lipinski definition) is 3. The maximum atomic E-state index is 10.2. The molecule has 0 saturated carbocycles. The van der Waals surface area contributed by atoms with Crippen LogP contribution in [-0.4, -0.2) is 13.1 Å². The first kappa shape index (κ1) is 7.48. The Bertz CT molecular complexity index is 194. The van der Waals surface area contributed by atoms with Crippen molar-refractivity contribution in [3.05, 3.63) is 17.9 Å². The molecule has 0 radical (unpaired) electrons. The summed E-state index contributed by atoms with van der Waals surface area (Å²) in [6.07, 6.45) is 2.11. The van der Waals surface area contributed by atoms with Gasteiger partial charge in [0.1, 0.15) is 0 Å². The molecule has 0 heterocycles. The number of hydrogen-bond donors (Lipinski definition) is 0. The minimum atomic E-state index is -0.512. The number of nitriles is 1. The van der Waals surface area contributed by atoms with Gasteiger partial charge in [0.25, 0.3) is 0 Å². The van der Waals surface area contributed by atoms with E-state index >= 15 is 0 Å². The number of nitrogens with zero attached hydrogens (tertiary/aromatic N) is 1. The molecule has 0 fully saturated rings. The molecule has 0 saturated heterocycles. The topological polar surface area (TPSA) is 50.1 Å². The first-order valence-electron chi connectivity index (χ1n) is 2.19. The van der Waals surface area contributed by atoms with Gasteiger partial charge in [0, 0.05) is 0 Å². The van der Waals surface area contributed by atoms with Gasteiger partial charge in [0.15, 0.2) is 0 Å². The fourth-order valence-electron chi connectivity index (χ4n) is 0.206. The number of carbonyl (C=O) groups excluding carboxylic acids is 1. The lowest BCUT2D eigenvalue weighted by Gasteiger charge is -1.83. The second kappa shape index (κ2) is 4.63. The van der Waals surface area contributed by atoms with Crippen molar-refractivity contribution in [2.24, 2.45) is 0 Å². The summed E-state index contributed by atoms with van der Waals surface area (Å²) in [5.74, 6) is -0.512. The van der Waals surface area contributed by atoms with Crippen LogP contribution in [0.3, 0.4) is 0 Å². The number of esters is 1. The van der Waals surface area contributed by atoms with Crippen LogP contribution < -0.4 is 0 Å². The Morgan fingerprint density at radius 2 is 2.44 bits per heavy atom. The third kappa shape index (κ3) is 4.33. The average molecular weight is 123 g/mol. The number of methoxy groups -OCH3 is 1. The largest absolute Gasteiger partial charge is 0.465 e. The Kier molecular flexibility index (Phi) is 3.85. The zero-order valence-corrected chi connectivity index (χ0v) is 4.92. The molecule has 3 heteroatoms. The molecule has 0 aliphatic heterocycles. The molecule has 0 aliphatic carbocycles. The van der Waals surface area contributed by atoms with Gasteiger partial charge in [0.05, 0.1) is 25.3 Å². The smallest absolute Gasteiger partial charge is 0.338 e. The van der Waals surface area contributed by atoms with Gasteiger partial charge in [-0.25, -0.2) is 4.79 Å². The Morgan fingerprint density at radius 1 is 1.78 bits per heavy atom. The van der Waals surface area contributed by atoms with Crippen molar-refractivity contribution >= 4 is 5.97 Å². The van der Waals surface area contributed by atoms with Gasteiger partial charge >= 0.3 is 5.97 Å². The maximum absolute atomic E-state index is 10.2. The van der Waals surface area contributed by atoms with E-state index in [2.05, 4.69) is 10.5 Å². The Balaban J connectivity index is 3.88. The van der Waals surface area contributed by atoms with Crippen molar-refractivity contribution in [3.8, 4) is 6.07 Å². The van der Waals surface area contributed by atoms with Crippen molar-refractivity contribution in [3.63, 3.8) is 0 Å². The zero-order valence-electron chi connectivity index (χ0n) is 4.92.